The molecule has 0 aromatic heterocycles. The second kappa shape index (κ2) is 3.83. The summed E-state index contributed by atoms with van der Waals surface area (Å²) in [5, 5.41) is 19.1. The van der Waals surface area contributed by atoms with Gasteiger partial charge in [-0.1, -0.05) is 54.6 Å². The van der Waals surface area contributed by atoms with Crippen molar-refractivity contribution in [3.63, 3.8) is 0 Å². The highest BCUT2D eigenvalue weighted by atomic mass is 16.4. The Morgan fingerprint density at radius 1 is 0.895 bits per heavy atom. The van der Waals surface area contributed by atoms with E-state index in [1.165, 1.54) is 22.3 Å². The molecule has 0 amide bonds. The molecule has 3 heteroatoms. The Bertz CT molecular complexity index is 680. The lowest BCUT2D eigenvalue weighted by Gasteiger charge is -2.31. The molecule has 0 heterocycles. The highest BCUT2D eigenvalue weighted by Gasteiger charge is 2.42. The molecule has 1 aromatic rings. The predicted molar refractivity (Wildman–Crippen MR) is 76.8 cm³/mol. The van der Waals surface area contributed by atoms with Crippen LogP contribution in [-0.2, 0) is 0 Å². The molecule has 2 unspecified atom stereocenters. The fraction of sp³-hybridized carbons (Fsp3) is 0.125. The third kappa shape index (κ3) is 1.40. The summed E-state index contributed by atoms with van der Waals surface area (Å²) in [6, 6.07) is 8.40. The van der Waals surface area contributed by atoms with Gasteiger partial charge < -0.3 is 10.0 Å². The van der Waals surface area contributed by atoms with Crippen LogP contribution in [0.1, 0.15) is 11.1 Å². The average Bonchev–Trinajstić information content (AvgIpc) is 2.76. The Morgan fingerprint density at radius 3 is 2.26 bits per heavy atom. The van der Waals surface area contributed by atoms with E-state index in [1.807, 2.05) is 18.2 Å². The Kier molecular flexibility index (Phi) is 2.22. The minimum atomic E-state index is -1.38. The summed E-state index contributed by atoms with van der Waals surface area (Å²) in [6.07, 6.45) is 10.1. The molecular weight excluding hydrogens is 235 g/mol. The van der Waals surface area contributed by atoms with Crippen LogP contribution in [0.5, 0.6) is 0 Å². The number of allylic oxidation sites excluding steroid dienone is 8. The van der Waals surface area contributed by atoms with Gasteiger partial charge in [-0.2, -0.15) is 0 Å². The molecule has 0 radical (unpaired) electrons. The maximum Gasteiger partial charge on any atom is 0.484 e. The van der Waals surface area contributed by atoms with Gasteiger partial charge in [-0.25, -0.2) is 0 Å². The Morgan fingerprint density at radius 2 is 1.58 bits per heavy atom. The Labute approximate surface area is 112 Å². The first-order chi connectivity index (χ1) is 9.27. The van der Waals surface area contributed by atoms with Crippen molar-refractivity contribution in [2.75, 3.05) is 0 Å². The van der Waals surface area contributed by atoms with E-state index >= 15 is 0 Å². The lowest BCUT2D eigenvalue weighted by atomic mass is 9.62. The first kappa shape index (κ1) is 11.0. The van der Waals surface area contributed by atoms with Gasteiger partial charge in [0.1, 0.15) is 0 Å². The van der Waals surface area contributed by atoms with Crippen molar-refractivity contribution in [2.24, 2.45) is 11.8 Å². The highest BCUT2D eigenvalue weighted by molar-refractivity contribution is 6.51. The van der Waals surface area contributed by atoms with Crippen molar-refractivity contribution in [1.82, 2.24) is 0 Å². The third-order valence-corrected chi connectivity index (χ3v) is 4.31. The molecule has 0 spiro atoms. The van der Waals surface area contributed by atoms with Gasteiger partial charge in [0, 0.05) is 11.8 Å². The molecule has 92 valence electrons. The molecule has 2 N–H and O–H groups in total. The normalized spacial score (nSPS) is 26.1. The van der Waals surface area contributed by atoms with Crippen molar-refractivity contribution in [1.29, 1.82) is 0 Å². The van der Waals surface area contributed by atoms with E-state index in [1.54, 1.807) is 0 Å². The van der Waals surface area contributed by atoms with Crippen LogP contribution in [0.15, 0.2) is 60.1 Å². The van der Waals surface area contributed by atoms with Crippen molar-refractivity contribution >= 4 is 18.3 Å². The van der Waals surface area contributed by atoms with Crippen LogP contribution in [-0.4, -0.2) is 17.2 Å². The molecular formula is C16H13BO2. The van der Waals surface area contributed by atoms with Gasteiger partial charge in [0.05, 0.1) is 0 Å². The molecule has 2 nitrogen and oxygen atoms in total. The molecule has 0 saturated heterocycles. The van der Waals surface area contributed by atoms with E-state index in [2.05, 4.69) is 36.4 Å². The zero-order valence-corrected chi connectivity index (χ0v) is 10.3. The second-order valence-electron chi connectivity index (χ2n) is 5.22. The van der Waals surface area contributed by atoms with Crippen LogP contribution in [0.3, 0.4) is 0 Å². The topological polar surface area (TPSA) is 40.5 Å². The van der Waals surface area contributed by atoms with E-state index in [-0.39, 0.29) is 11.8 Å². The lowest BCUT2D eigenvalue weighted by Crippen LogP contribution is -2.28. The fourth-order valence-corrected chi connectivity index (χ4v) is 3.51. The lowest BCUT2D eigenvalue weighted by molar-refractivity contribution is 0.410. The minimum absolute atomic E-state index is 0.0624. The van der Waals surface area contributed by atoms with Crippen molar-refractivity contribution in [3.05, 3.63) is 71.2 Å². The van der Waals surface area contributed by atoms with Crippen molar-refractivity contribution in [2.45, 2.75) is 0 Å². The number of hydrogen-bond acceptors (Lipinski definition) is 2. The van der Waals surface area contributed by atoms with Gasteiger partial charge in [-0.05, 0) is 27.7 Å². The molecule has 0 fully saturated rings. The summed E-state index contributed by atoms with van der Waals surface area (Å²) in [6.45, 7) is 0. The molecule has 1 aromatic carbocycles. The number of fused-ring (bicyclic) bond motifs is 3. The minimum Gasteiger partial charge on any atom is -0.423 e. The summed E-state index contributed by atoms with van der Waals surface area (Å²) in [5.41, 5.74) is 5.81. The highest BCUT2D eigenvalue weighted by Crippen LogP contribution is 2.54. The molecule has 3 aliphatic rings. The maximum atomic E-state index is 9.53. The summed E-state index contributed by atoms with van der Waals surface area (Å²) in [7, 11) is -1.38. The zero-order valence-electron chi connectivity index (χ0n) is 10.3. The standard InChI is InChI=1S/C16H13BO2/c18-17(19)15-9-8-13-11-5-2-1-4-10(11)12-6-3-7-14(15)16(12)13/h1-9,14,16,18-19H. The van der Waals surface area contributed by atoms with E-state index in [0.29, 0.717) is 5.47 Å². The zero-order chi connectivity index (χ0) is 13.0. The maximum absolute atomic E-state index is 9.53. The second-order valence-corrected chi connectivity index (χ2v) is 5.22. The van der Waals surface area contributed by atoms with Crippen LogP contribution in [0.2, 0.25) is 0 Å². The van der Waals surface area contributed by atoms with Crippen LogP contribution in [0.25, 0.3) is 11.1 Å². The molecule has 19 heavy (non-hydrogen) atoms. The first-order valence-corrected chi connectivity index (χ1v) is 6.53. The van der Waals surface area contributed by atoms with E-state index in [4.69, 9.17) is 0 Å². The van der Waals surface area contributed by atoms with Crippen molar-refractivity contribution < 1.29 is 10.0 Å². The molecule has 4 rings (SSSR count). The molecule has 0 bridgehead atoms. The summed E-state index contributed by atoms with van der Waals surface area (Å²) in [5.74, 6) is 0.302. The Balaban J connectivity index is 1.97. The van der Waals surface area contributed by atoms with Crippen molar-refractivity contribution in [3.8, 4) is 0 Å². The van der Waals surface area contributed by atoms with Crippen LogP contribution in [0, 0.1) is 11.8 Å². The van der Waals surface area contributed by atoms with E-state index < -0.39 is 7.12 Å². The van der Waals surface area contributed by atoms with E-state index in [0.717, 1.165) is 0 Å². The molecule has 0 aliphatic heterocycles. The average molecular weight is 248 g/mol. The molecule has 3 aliphatic carbocycles. The van der Waals surface area contributed by atoms with Gasteiger partial charge in [-0.3, -0.25) is 0 Å². The smallest absolute Gasteiger partial charge is 0.423 e. The summed E-state index contributed by atoms with van der Waals surface area (Å²) >= 11 is 0. The molecule has 2 atom stereocenters. The number of rotatable bonds is 1. The molecule has 0 saturated carbocycles. The fourth-order valence-electron chi connectivity index (χ4n) is 3.51. The quantitative estimate of drug-likeness (QED) is 0.748. The van der Waals surface area contributed by atoms with Crippen LogP contribution in [0.4, 0.5) is 0 Å². The monoisotopic (exact) mass is 248 g/mol. The third-order valence-electron chi connectivity index (χ3n) is 4.31. The van der Waals surface area contributed by atoms with Crippen LogP contribution < -0.4 is 0 Å². The van der Waals surface area contributed by atoms with Gasteiger partial charge in [0.15, 0.2) is 0 Å². The summed E-state index contributed by atoms with van der Waals surface area (Å²) in [4.78, 5) is 0. The van der Waals surface area contributed by atoms with Gasteiger partial charge in [0.25, 0.3) is 0 Å². The van der Waals surface area contributed by atoms with Crippen LogP contribution >= 0.6 is 0 Å². The van der Waals surface area contributed by atoms with Gasteiger partial charge in [0.2, 0.25) is 0 Å². The first-order valence-electron chi connectivity index (χ1n) is 6.53. The van der Waals surface area contributed by atoms with Gasteiger partial charge in [-0.15, -0.1) is 0 Å². The SMILES string of the molecule is OB(O)C1=CC=C2c3ccccc3C3=CC=CC1C32. The summed E-state index contributed by atoms with van der Waals surface area (Å²) < 4.78 is 0. The van der Waals surface area contributed by atoms with Gasteiger partial charge >= 0.3 is 7.12 Å². The number of benzene rings is 1. The largest absolute Gasteiger partial charge is 0.484 e. The Hall–Kier alpha value is -1.84. The number of hydrogen-bond donors (Lipinski definition) is 2. The van der Waals surface area contributed by atoms with E-state index in [9.17, 15) is 10.0 Å². The predicted octanol–water partition coefficient (Wildman–Crippen LogP) is 2.22.